The molecule has 1 atom stereocenters. The van der Waals surface area contributed by atoms with Gasteiger partial charge in [-0.3, -0.25) is 0 Å². The highest BCUT2D eigenvalue weighted by molar-refractivity contribution is 5.57. The van der Waals surface area contributed by atoms with Crippen LogP contribution in [0.5, 0.6) is 0 Å². The van der Waals surface area contributed by atoms with Gasteiger partial charge in [-0.25, -0.2) is 0 Å². The number of nitrogen functional groups attached to an aromatic ring is 1. The van der Waals surface area contributed by atoms with Crippen LogP contribution < -0.4 is 10.6 Å². The minimum absolute atomic E-state index is 0.483. The molecule has 0 saturated carbocycles. The number of benzene rings is 1. The molecule has 0 bridgehead atoms. The number of aryl methyl sites for hydroxylation is 1. The molecule has 0 amide bonds. The van der Waals surface area contributed by atoms with Gasteiger partial charge >= 0.3 is 0 Å². The molecule has 3 nitrogen and oxygen atoms in total. The second-order valence-electron chi connectivity index (χ2n) is 3.28. The van der Waals surface area contributed by atoms with Gasteiger partial charge in [-0.1, -0.05) is 0 Å². The Morgan fingerprint density at radius 2 is 2.08 bits per heavy atom. The minimum atomic E-state index is -0.483. The molecule has 0 heterocycles. The summed E-state index contributed by atoms with van der Waals surface area (Å²) in [5.74, 6) is 0. The largest absolute Gasteiger partial charge is 0.399 e. The van der Waals surface area contributed by atoms with Crippen LogP contribution in [0.2, 0.25) is 0 Å². The number of aliphatic hydroxyl groups excluding tert-OH is 1. The Labute approximate surface area is 78.8 Å². The molecular formula is C10H16N2O. The van der Waals surface area contributed by atoms with E-state index in [-0.39, 0.29) is 0 Å². The molecule has 1 aromatic rings. The maximum absolute atomic E-state index is 9.33. The number of anilines is 2. The lowest BCUT2D eigenvalue weighted by atomic mass is 10.1. The van der Waals surface area contributed by atoms with Crippen molar-refractivity contribution in [2.75, 3.05) is 17.7 Å². The smallest absolute Gasteiger partial charge is 0.123 e. The van der Waals surface area contributed by atoms with Crippen LogP contribution in [0.3, 0.4) is 0 Å². The molecule has 3 heteroatoms. The average Bonchev–Trinajstić information content (AvgIpc) is 2.08. The SMILES string of the molecule is Cc1cc(N(C)C(C)O)ccc1N. The fourth-order valence-corrected chi connectivity index (χ4v) is 1.09. The summed E-state index contributed by atoms with van der Waals surface area (Å²) in [6.45, 7) is 3.68. The molecule has 0 saturated heterocycles. The van der Waals surface area contributed by atoms with Crippen LogP contribution in [0.25, 0.3) is 0 Å². The number of hydrogen-bond acceptors (Lipinski definition) is 3. The van der Waals surface area contributed by atoms with Crippen LogP contribution in [0.1, 0.15) is 12.5 Å². The highest BCUT2D eigenvalue weighted by atomic mass is 16.3. The van der Waals surface area contributed by atoms with Gasteiger partial charge < -0.3 is 15.7 Å². The molecule has 0 aliphatic heterocycles. The van der Waals surface area contributed by atoms with Crippen molar-refractivity contribution in [1.82, 2.24) is 0 Å². The normalized spacial score (nSPS) is 12.6. The number of nitrogens with zero attached hydrogens (tertiary/aromatic N) is 1. The lowest BCUT2D eigenvalue weighted by Crippen LogP contribution is -2.28. The van der Waals surface area contributed by atoms with Crippen molar-refractivity contribution in [3.8, 4) is 0 Å². The Morgan fingerprint density at radius 1 is 1.46 bits per heavy atom. The number of hydrogen-bond donors (Lipinski definition) is 2. The summed E-state index contributed by atoms with van der Waals surface area (Å²) in [4.78, 5) is 1.78. The van der Waals surface area contributed by atoms with E-state index in [1.54, 1.807) is 11.8 Å². The van der Waals surface area contributed by atoms with Gasteiger partial charge in [-0.2, -0.15) is 0 Å². The predicted molar refractivity (Wildman–Crippen MR) is 55.7 cm³/mol. The molecule has 0 spiro atoms. The van der Waals surface area contributed by atoms with Crippen molar-refractivity contribution in [1.29, 1.82) is 0 Å². The zero-order valence-electron chi connectivity index (χ0n) is 8.28. The molecule has 0 fully saturated rings. The second-order valence-corrected chi connectivity index (χ2v) is 3.28. The summed E-state index contributed by atoms with van der Waals surface area (Å²) >= 11 is 0. The van der Waals surface area contributed by atoms with Crippen molar-refractivity contribution >= 4 is 11.4 Å². The van der Waals surface area contributed by atoms with Crippen LogP contribution in [0, 0.1) is 6.92 Å². The Kier molecular flexibility index (Phi) is 2.78. The van der Waals surface area contributed by atoms with Crippen molar-refractivity contribution in [2.45, 2.75) is 20.1 Å². The highest BCUT2D eigenvalue weighted by Crippen LogP contribution is 2.20. The van der Waals surface area contributed by atoms with E-state index in [1.807, 2.05) is 32.2 Å². The second kappa shape index (κ2) is 3.66. The van der Waals surface area contributed by atoms with Crippen LogP contribution in [-0.2, 0) is 0 Å². The Balaban J connectivity index is 2.97. The number of rotatable bonds is 2. The summed E-state index contributed by atoms with van der Waals surface area (Å²) in [7, 11) is 1.84. The van der Waals surface area contributed by atoms with E-state index in [2.05, 4.69) is 0 Å². The van der Waals surface area contributed by atoms with E-state index < -0.39 is 6.23 Å². The van der Waals surface area contributed by atoms with E-state index in [4.69, 9.17) is 5.73 Å². The first-order valence-electron chi connectivity index (χ1n) is 4.29. The molecule has 0 aromatic heterocycles. The van der Waals surface area contributed by atoms with E-state index in [0.717, 1.165) is 16.9 Å². The lowest BCUT2D eigenvalue weighted by molar-refractivity contribution is 0.195. The first-order chi connectivity index (χ1) is 6.02. The molecule has 0 radical (unpaired) electrons. The highest BCUT2D eigenvalue weighted by Gasteiger charge is 2.06. The van der Waals surface area contributed by atoms with Gasteiger partial charge in [0.2, 0.25) is 0 Å². The third-order valence-electron chi connectivity index (χ3n) is 2.22. The van der Waals surface area contributed by atoms with Gasteiger partial charge in [0.1, 0.15) is 6.23 Å². The number of aliphatic hydroxyl groups is 1. The quantitative estimate of drug-likeness (QED) is 0.533. The fourth-order valence-electron chi connectivity index (χ4n) is 1.09. The minimum Gasteiger partial charge on any atom is -0.399 e. The van der Waals surface area contributed by atoms with Gasteiger partial charge in [0.15, 0.2) is 0 Å². The van der Waals surface area contributed by atoms with Crippen LogP contribution in [0.4, 0.5) is 11.4 Å². The van der Waals surface area contributed by atoms with E-state index in [0.29, 0.717) is 0 Å². The topological polar surface area (TPSA) is 49.5 Å². The maximum atomic E-state index is 9.33. The van der Waals surface area contributed by atoms with Crippen LogP contribution >= 0.6 is 0 Å². The maximum Gasteiger partial charge on any atom is 0.123 e. The molecule has 1 aromatic carbocycles. The summed E-state index contributed by atoms with van der Waals surface area (Å²) in [6, 6.07) is 5.71. The molecule has 0 aliphatic rings. The Hall–Kier alpha value is -1.22. The van der Waals surface area contributed by atoms with Crippen molar-refractivity contribution in [2.24, 2.45) is 0 Å². The van der Waals surface area contributed by atoms with Crippen LogP contribution in [-0.4, -0.2) is 18.4 Å². The Bertz CT molecular complexity index is 297. The van der Waals surface area contributed by atoms with Gasteiger partial charge in [-0.15, -0.1) is 0 Å². The van der Waals surface area contributed by atoms with E-state index in [9.17, 15) is 5.11 Å². The van der Waals surface area contributed by atoms with Crippen molar-refractivity contribution in [3.63, 3.8) is 0 Å². The number of nitrogens with two attached hydrogens (primary N) is 1. The molecule has 1 rings (SSSR count). The Morgan fingerprint density at radius 3 is 2.54 bits per heavy atom. The zero-order valence-corrected chi connectivity index (χ0v) is 8.28. The van der Waals surface area contributed by atoms with Gasteiger partial charge in [0, 0.05) is 18.4 Å². The monoisotopic (exact) mass is 180 g/mol. The molecular weight excluding hydrogens is 164 g/mol. The zero-order chi connectivity index (χ0) is 10.0. The summed E-state index contributed by atoms with van der Waals surface area (Å²) < 4.78 is 0. The van der Waals surface area contributed by atoms with Crippen LogP contribution in [0.15, 0.2) is 18.2 Å². The molecule has 13 heavy (non-hydrogen) atoms. The summed E-state index contributed by atoms with van der Waals surface area (Å²) in [5.41, 5.74) is 8.47. The molecule has 72 valence electrons. The van der Waals surface area contributed by atoms with Gasteiger partial charge in [0.05, 0.1) is 0 Å². The molecule has 3 N–H and O–H groups in total. The summed E-state index contributed by atoms with van der Waals surface area (Å²) in [6.07, 6.45) is -0.483. The van der Waals surface area contributed by atoms with E-state index >= 15 is 0 Å². The van der Waals surface area contributed by atoms with Crippen molar-refractivity contribution < 1.29 is 5.11 Å². The third-order valence-corrected chi connectivity index (χ3v) is 2.22. The first kappa shape index (κ1) is 9.86. The molecule has 0 aliphatic carbocycles. The first-order valence-corrected chi connectivity index (χ1v) is 4.29. The predicted octanol–water partition coefficient (Wildman–Crippen LogP) is 1.35. The van der Waals surface area contributed by atoms with Gasteiger partial charge in [-0.05, 0) is 37.6 Å². The lowest BCUT2D eigenvalue weighted by Gasteiger charge is -2.23. The fraction of sp³-hybridized carbons (Fsp3) is 0.400. The third kappa shape index (κ3) is 2.12. The van der Waals surface area contributed by atoms with Gasteiger partial charge in [0.25, 0.3) is 0 Å². The average molecular weight is 180 g/mol. The summed E-state index contributed by atoms with van der Waals surface area (Å²) in [5, 5.41) is 9.33. The van der Waals surface area contributed by atoms with Crippen molar-refractivity contribution in [3.05, 3.63) is 23.8 Å². The molecule has 1 unspecified atom stereocenters. The standard InChI is InChI=1S/C10H16N2O/c1-7-6-9(4-5-10(7)11)12(3)8(2)13/h4-6,8,13H,11H2,1-3H3. The van der Waals surface area contributed by atoms with E-state index in [1.165, 1.54) is 0 Å².